The van der Waals surface area contributed by atoms with Gasteiger partial charge in [0, 0.05) is 23.9 Å². The molecule has 88 valence electrons. The fraction of sp³-hybridized carbons (Fsp3) is 0.727. The number of likely N-dealkylation sites (N-methyl/N-ethyl adjacent to an activating group) is 1. The van der Waals surface area contributed by atoms with Gasteiger partial charge in [-0.05, 0) is 14.0 Å². The molecule has 0 aliphatic rings. The zero-order valence-corrected chi connectivity index (χ0v) is 10.9. The molecule has 1 heterocycles. The fourth-order valence-electron chi connectivity index (χ4n) is 1.18. The van der Waals surface area contributed by atoms with Gasteiger partial charge < -0.3 is 9.84 Å². The van der Waals surface area contributed by atoms with Crippen LogP contribution >= 0.6 is 12.4 Å². The largest absolute Gasteiger partial charge is 0.361 e. The molecule has 3 nitrogen and oxygen atoms in total. The lowest BCUT2D eigenvalue weighted by molar-refractivity contribution is 0.325. The van der Waals surface area contributed by atoms with Gasteiger partial charge in [-0.15, -0.1) is 12.4 Å². The average Bonchev–Trinajstić information content (AvgIpc) is 2.51. The molecule has 15 heavy (non-hydrogen) atoms. The quantitative estimate of drug-likeness (QED) is 0.871. The molecule has 1 aromatic heterocycles. The van der Waals surface area contributed by atoms with Crippen LogP contribution in [0.1, 0.15) is 39.1 Å². The topological polar surface area (TPSA) is 38.1 Å². The number of hydrogen-bond donors (Lipinski definition) is 1. The first kappa shape index (κ1) is 14.5. The molecular formula is C11H21ClN2O. The van der Waals surface area contributed by atoms with Crippen molar-refractivity contribution in [2.45, 2.75) is 45.6 Å². The Bertz CT molecular complexity index is 291. The Morgan fingerprint density at radius 2 is 2.07 bits per heavy atom. The first-order valence-corrected chi connectivity index (χ1v) is 5.07. The molecule has 4 heteroatoms. The summed E-state index contributed by atoms with van der Waals surface area (Å²) in [6, 6.07) is 2.49. The molecule has 0 aromatic carbocycles. The van der Waals surface area contributed by atoms with E-state index in [1.807, 2.05) is 13.1 Å². The molecule has 0 aliphatic heterocycles. The summed E-state index contributed by atoms with van der Waals surface area (Å²) in [6.45, 7) is 8.50. The summed E-state index contributed by atoms with van der Waals surface area (Å²) >= 11 is 0. The average molecular weight is 233 g/mol. The van der Waals surface area contributed by atoms with Gasteiger partial charge in [-0.1, -0.05) is 25.9 Å². The van der Waals surface area contributed by atoms with Crippen LogP contribution in [0.5, 0.6) is 0 Å². The third-order valence-electron chi connectivity index (χ3n) is 2.31. The van der Waals surface area contributed by atoms with Crippen LogP contribution in [-0.2, 0) is 11.8 Å². The molecule has 0 bridgehead atoms. The molecule has 0 spiro atoms. The molecule has 0 saturated heterocycles. The minimum Gasteiger partial charge on any atom is -0.361 e. The molecule has 0 amide bonds. The zero-order chi connectivity index (χ0) is 10.8. The molecule has 0 saturated carbocycles. The van der Waals surface area contributed by atoms with Gasteiger partial charge >= 0.3 is 0 Å². The smallest absolute Gasteiger partial charge is 0.142 e. The highest BCUT2D eigenvalue weighted by atomic mass is 35.5. The van der Waals surface area contributed by atoms with E-state index >= 15 is 0 Å². The second-order valence-electron chi connectivity index (χ2n) is 4.83. The predicted octanol–water partition coefficient (Wildman–Crippen LogP) is 2.54. The molecule has 1 atom stereocenters. The molecule has 0 fully saturated rings. The number of halogens is 1. The van der Waals surface area contributed by atoms with Crippen molar-refractivity contribution in [3.05, 3.63) is 17.5 Å². The third kappa shape index (κ3) is 4.22. The molecule has 1 unspecified atom stereocenters. The predicted molar refractivity (Wildman–Crippen MR) is 64.7 cm³/mol. The monoisotopic (exact) mass is 232 g/mol. The van der Waals surface area contributed by atoms with Crippen LogP contribution in [0.3, 0.4) is 0 Å². The number of rotatable bonds is 3. The number of nitrogens with zero attached hydrogens (tertiary/aromatic N) is 1. The zero-order valence-electron chi connectivity index (χ0n) is 10.1. The number of hydrogen-bond acceptors (Lipinski definition) is 3. The highest BCUT2D eigenvalue weighted by Crippen LogP contribution is 2.22. The number of aromatic nitrogens is 1. The van der Waals surface area contributed by atoms with Crippen LogP contribution in [0, 0.1) is 0 Å². The Balaban J connectivity index is 0.00000196. The van der Waals surface area contributed by atoms with E-state index in [1.54, 1.807) is 0 Å². The summed E-state index contributed by atoms with van der Waals surface area (Å²) in [6.07, 6.45) is 0.913. The first-order chi connectivity index (χ1) is 6.43. The third-order valence-corrected chi connectivity index (χ3v) is 2.31. The van der Waals surface area contributed by atoms with Crippen molar-refractivity contribution in [2.75, 3.05) is 7.05 Å². The summed E-state index contributed by atoms with van der Waals surface area (Å²) in [5.74, 6) is 0.954. The minimum atomic E-state index is 0. The van der Waals surface area contributed by atoms with E-state index in [4.69, 9.17) is 4.52 Å². The number of nitrogens with one attached hydrogen (secondary N) is 1. The Morgan fingerprint density at radius 3 is 2.47 bits per heavy atom. The van der Waals surface area contributed by atoms with Crippen LogP contribution in [0.25, 0.3) is 0 Å². The van der Waals surface area contributed by atoms with Crippen LogP contribution in [0.15, 0.2) is 10.6 Å². The lowest BCUT2D eigenvalue weighted by Gasteiger charge is -2.12. The molecule has 1 rings (SSSR count). The van der Waals surface area contributed by atoms with E-state index in [2.05, 4.69) is 38.2 Å². The maximum Gasteiger partial charge on any atom is 0.142 e. The van der Waals surface area contributed by atoms with Crippen molar-refractivity contribution >= 4 is 12.4 Å². The van der Waals surface area contributed by atoms with E-state index in [0.29, 0.717) is 6.04 Å². The van der Waals surface area contributed by atoms with Gasteiger partial charge in [0.15, 0.2) is 0 Å². The standard InChI is InChI=1S/C11H20N2O.ClH/c1-8(12-5)6-9-7-10(14-13-9)11(2,3)4;/h7-8,12H,6H2,1-5H3;1H. The molecule has 1 N–H and O–H groups in total. The van der Waals surface area contributed by atoms with E-state index < -0.39 is 0 Å². The van der Waals surface area contributed by atoms with E-state index in [-0.39, 0.29) is 17.8 Å². The normalized spacial score (nSPS) is 13.4. The molecule has 1 aromatic rings. The molecule has 0 aliphatic carbocycles. The van der Waals surface area contributed by atoms with Gasteiger partial charge in [0.25, 0.3) is 0 Å². The second-order valence-corrected chi connectivity index (χ2v) is 4.83. The first-order valence-electron chi connectivity index (χ1n) is 5.07. The second kappa shape index (κ2) is 5.52. The summed E-state index contributed by atoms with van der Waals surface area (Å²) in [7, 11) is 1.95. The summed E-state index contributed by atoms with van der Waals surface area (Å²) in [4.78, 5) is 0. The maximum absolute atomic E-state index is 5.30. The Kier molecular flexibility index (Phi) is 5.32. The summed E-state index contributed by atoms with van der Waals surface area (Å²) in [5.41, 5.74) is 1.07. The maximum atomic E-state index is 5.30. The van der Waals surface area contributed by atoms with Gasteiger partial charge in [0.05, 0.1) is 5.69 Å². The lowest BCUT2D eigenvalue weighted by Crippen LogP contribution is -2.23. The van der Waals surface area contributed by atoms with Crippen molar-refractivity contribution < 1.29 is 4.52 Å². The molecular weight excluding hydrogens is 212 g/mol. The van der Waals surface area contributed by atoms with Crippen LogP contribution < -0.4 is 5.32 Å². The van der Waals surface area contributed by atoms with Crippen LogP contribution in [-0.4, -0.2) is 18.2 Å². The SMILES string of the molecule is CNC(C)Cc1cc(C(C)(C)C)on1.Cl. The van der Waals surface area contributed by atoms with Gasteiger partial charge in [-0.25, -0.2) is 0 Å². The van der Waals surface area contributed by atoms with Gasteiger partial charge in [-0.3, -0.25) is 0 Å². The van der Waals surface area contributed by atoms with Crippen molar-refractivity contribution in [1.82, 2.24) is 10.5 Å². The van der Waals surface area contributed by atoms with Gasteiger partial charge in [0.1, 0.15) is 5.76 Å². The highest BCUT2D eigenvalue weighted by Gasteiger charge is 2.19. The van der Waals surface area contributed by atoms with E-state index in [9.17, 15) is 0 Å². The Labute approximate surface area is 98.0 Å². The van der Waals surface area contributed by atoms with Gasteiger partial charge in [-0.2, -0.15) is 0 Å². The fourth-order valence-corrected chi connectivity index (χ4v) is 1.18. The summed E-state index contributed by atoms with van der Waals surface area (Å²) < 4.78 is 5.30. The van der Waals surface area contributed by atoms with Crippen molar-refractivity contribution in [2.24, 2.45) is 0 Å². The Morgan fingerprint density at radius 1 is 1.47 bits per heavy atom. The Hall–Kier alpha value is -0.540. The highest BCUT2D eigenvalue weighted by molar-refractivity contribution is 5.85. The van der Waals surface area contributed by atoms with Crippen molar-refractivity contribution in [3.63, 3.8) is 0 Å². The lowest BCUT2D eigenvalue weighted by atomic mass is 9.93. The summed E-state index contributed by atoms with van der Waals surface area (Å²) in [5, 5.41) is 7.24. The van der Waals surface area contributed by atoms with Crippen LogP contribution in [0.4, 0.5) is 0 Å². The van der Waals surface area contributed by atoms with E-state index in [1.165, 1.54) is 0 Å². The van der Waals surface area contributed by atoms with Gasteiger partial charge in [0.2, 0.25) is 0 Å². The van der Waals surface area contributed by atoms with Crippen molar-refractivity contribution in [1.29, 1.82) is 0 Å². The van der Waals surface area contributed by atoms with E-state index in [0.717, 1.165) is 17.9 Å². The van der Waals surface area contributed by atoms with Crippen LogP contribution in [0.2, 0.25) is 0 Å². The molecule has 0 radical (unpaired) electrons. The minimum absolute atomic E-state index is 0. The van der Waals surface area contributed by atoms with Crippen molar-refractivity contribution in [3.8, 4) is 0 Å².